The number of nitrogens with one attached hydrogen (secondary N) is 1. The average molecular weight is 373 g/mol. The van der Waals surface area contributed by atoms with Crippen LogP contribution in [0.4, 0.5) is 5.13 Å². The molecule has 2 aromatic rings. The molecular formula is C20H28N4OS. The van der Waals surface area contributed by atoms with Crippen molar-refractivity contribution < 1.29 is 4.74 Å². The molecule has 26 heavy (non-hydrogen) atoms. The molecule has 1 N–H and O–H groups in total. The molecule has 6 heteroatoms. The fraction of sp³-hybridized carbons (Fsp3) is 0.550. The highest BCUT2D eigenvalue weighted by molar-refractivity contribution is 7.15. The Morgan fingerprint density at radius 1 is 1.19 bits per heavy atom. The highest BCUT2D eigenvalue weighted by atomic mass is 32.1. The molecule has 3 heterocycles. The van der Waals surface area contributed by atoms with Crippen molar-refractivity contribution >= 4 is 16.5 Å². The standard InChI is InChI=1S/C20H28N4OS/c1-2-16-3-5-17(6-4-16)19-14-21-7-8-24(19)15-18-13-22-20(26-18)23-9-11-25-12-10-23/h3-6,13,19,21H,2,7-12,14-15H2,1H3. The van der Waals surface area contributed by atoms with Crippen LogP contribution in [0.5, 0.6) is 0 Å². The number of thiazole rings is 1. The second kappa shape index (κ2) is 8.48. The van der Waals surface area contributed by atoms with E-state index in [0.29, 0.717) is 6.04 Å². The third-order valence-electron chi connectivity index (χ3n) is 5.31. The Hall–Kier alpha value is -1.47. The van der Waals surface area contributed by atoms with Crippen LogP contribution in [0.2, 0.25) is 0 Å². The van der Waals surface area contributed by atoms with Gasteiger partial charge in [-0.05, 0) is 17.5 Å². The van der Waals surface area contributed by atoms with Gasteiger partial charge in [0.2, 0.25) is 0 Å². The minimum atomic E-state index is 0.434. The summed E-state index contributed by atoms with van der Waals surface area (Å²) in [4.78, 5) is 11.0. The number of hydrogen-bond acceptors (Lipinski definition) is 6. The van der Waals surface area contributed by atoms with E-state index in [4.69, 9.17) is 4.74 Å². The number of hydrogen-bond donors (Lipinski definition) is 1. The van der Waals surface area contributed by atoms with Gasteiger partial charge in [-0.15, -0.1) is 11.3 Å². The van der Waals surface area contributed by atoms with Crippen LogP contribution in [0.15, 0.2) is 30.5 Å². The molecule has 140 valence electrons. The largest absolute Gasteiger partial charge is 0.378 e. The van der Waals surface area contributed by atoms with Gasteiger partial charge in [-0.3, -0.25) is 4.90 Å². The third-order valence-corrected chi connectivity index (χ3v) is 6.35. The highest BCUT2D eigenvalue weighted by Crippen LogP contribution is 2.29. The van der Waals surface area contributed by atoms with Gasteiger partial charge >= 0.3 is 0 Å². The van der Waals surface area contributed by atoms with E-state index in [1.54, 1.807) is 0 Å². The quantitative estimate of drug-likeness (QED) is 0.874. The maximum Gasteiger partial charge on any atom is 0.185 e. The zero-order valence-corrected chi connectivity index (χ0v) is 16.3. The first kappa shape index (κ1) is 17.9. The van der Waals surface area contributed by atoms with E-state index in [0.717, 1.165) is 64.0 Å². The molecular weight excluding hydrogens is 344 g/mol. The van der Waals surface area contributed by atoms with Gasteiger partial charge < -0.3 is 15.0 Å². The second-order valence-electron chi connectivity index (χ2n) is 6.99. The first-order chi connectivity index (χ1) is 12.8. The lowest BCUT2D eigenvalue weighted by molar-refractivity contribution is 0.122. The van der Waals surface area contributed by atoms with Crippen molar-refractivity contribution in [1.29, 1.82) is 0 Å². The van der Waals surface area contributed by atoms with E-state index in [1.165, 1.54) is 16.0 Å². The van der Waals surface area contributed by atoms with E-state index in [9.17, 15) is 0 Å². The van der Waals surface area contributed by atoms with Gasteiger partial charge in [-0.2, -0.15) is 0 Å². The summed E-state index contributed by atoms with van der Waals surface area (Å²) in [5.74, 6) is 0. The molecule has 5 nitrogen and oxygen atoms in total. The van der Waals surface area contributed by atoms with Crippen LogP contribution in [-0.4, -0.2) is 55.8 Å². The van der Waals surface area contributed by atoms with Crippen molar-refractivity contribution in [3.63, 3.8) is 0 Å². The Kier molecular flexibility index (Phi) is 5.84. The summed E-state index contributed by atoms with van der Waals surface area (Å²) in [6.45, 7) is 9.85. The Bertz CT molecular complexity index is 696. The van der Waals surface area contributed by atoms with Gasteiger partial charge in [0.1, 0.15) is 0 Å². The molecule has 2 aliphatic heterocycles. The number of morpholine rings is 1. The molecule has 0 amide bonds. The van der Waals surface area contributed by atoms with Crippen molar-refractivity contribution in [1.82, 2.24) is 15.2 Å². The number of anilines is 1. The monoisotopic (exact) mass is 372 g/mol. The van der Waals surface area contributed by atoms with E-state index >= 15 is 0 Å². The summed E-state index contributed by atoms with van der Waals surface area (Å²) in [6, 6.07) is 9.57. The van der Waals surface area contributed by atoms with E-state index in [2.05, 4.69) is 57.5 Å². The molecule has 2 fully saturated rings. The minimum absolute atomic E-state index is 0.434. The lowest BCUT2D eigenvalue weighted by Crippen LogP contribution is -2.45. The van der Waals surface area contributed by atoms with Gasteiger partial charge in [0.05, 0.1) is 13.2 Å². The number of benzene rings is 1. The van der Waals surface area contributed by atoms with Crippen LogP contribution in [0.1, 0.15) is 29.0 Å². The number of ether oxygens (including phenoxy) is 1. The van der Waals surface area contributed by atoms with Crippen LogP contribution in [0.3, 0.4) is 0 Å². The molecule has 1 atom stereocenters. The van der Waals surface area contributed by atoms with Gasteiger partial charge in [0.15, 0.2) is 5.13 Å². The number of aromatic nitrogens is 1. The molecule has 1 unspecified atom stereocenters. The lowest BCUT2D eigenvalue weighted by Gasteiger charge is -2.36. The summed E-state index contributed by atoms with van der Waals surface area (Å²) >= 11 is 1.83. The average Bonchev–Trinajstić information content (AvgIpc) is 3.18. The number of nitrogens with zero attached hydrogens (tertiary/aromatic N) is 3. The van der Waals surface area contributed by atoms with Crippen molar-refractivity contribution in [2.24, 2.45) is 0 Å². The maximum atomic E-state index is 5.45. The normalized spacial score (nSPS) is 21.9. The van der Waals surface area contributed by atoms with Crippen molar-refractivity contribution in [3.05, 3.63) is 46.5 Å². The SMILES string of the molecule is CCc1ccc(C2CNCCN2Cc2cnc(N3CCOCC3)s2)cc1. The molecule has 1 aromatic heterocycles. The molecule has 0 aliphatic carbocycles. The number of rotatable bonds is 5. The minimum Gasteiger partial charge on any atom is -0.378 e. The summed E-state index contributed by atoms with van der Waals surface area (Å²) in [5.41, 5.74) is 2.81. The van der Waals surface area contributed by atoms with Crippen LogP contribution < -0.4 is 10.2 Å². The Labute approximate surface area is 160 Å². The van der Waals surface area contributed by atoms with E-state index < -0.39 is 0 Å². The molecule has 0 spiro atoms. The topological polar surface area (TPSA) is 40.6 Å². The molecule has 2 aliphatic rings. The molecule has 0 saturated carbocycles. The lowest BCUT2D eigenvalue weighted by atomic mass is 10.0. The summed E-state index contributed by atoms with van der Waals surface area (Å²) < 4.78 is 5.45. The summed E-state index contributed by atoms with van der Waals surface area (Å²) in [6.07, 6.45) is 3.16. The second-order valence-corrected chi connectivity index (χ2v) is 8.09. The smallest absolute Gasteiger partial charge is 0.185 e. The van der Waals surface area contributed by atoms with Crippen LogP contribution in [-0.2, 0) is 17.7 Å². The predicted octanol–water partition coefficient (Wildman–Crippen LogP) is 2.69. The molecule has 4 rings (SSSR count). The third kappa shape index (κ3) is 4.09. The molecule has 2 saturated heterocycles. The first-order valence-electron chi connectivity index (χ1n) is 9.64. The summed E-state index contributed by atoms with van der Waals surface area (Å²) in [5, 5.41) is 4.70. The van der Waals surface area contributed by atoms with E-state index in [-0.39, 0.29) is 0 Å². The van der Waals surface area contributed by atoms with Crippen molar-refractivity contribution in [3.8, 4) is 0 Å². The zero-order chi connectivity index (χ0) is 17.8. The van der Waals surface area contributed by atoms with Crippen molar-refractivity contribution in [2.75, 3.05) is 50.8 Å². The Balaban J connectivity index is 1.45. The summed E-state index contributed by atoms with van der Waals surface area (Å²) in [7, 11) is 0. The molecule has 0 radical (unpaired) electrons. The van der Waals surface area contributed by atoms with Crippen LogP contribution >= 0.6 is 11.3 Å². The van der Waals surface area contributed by atoms with Gasteiger partial charge in [-0.25, -0.2) is 4.98 Å². The van der Waals surface area contributed by atoms with E-state index in [1.807, 2.05) is 11.3 Å². The van der Waals surface area contributed by atoms with Crippen LogP contribution in [0.25, 0.3) is 0 Å². The molecule has 1 aromatic carbocycles. The zero-order valence-electron chi connectivity index (χ0n) is 15.5. The highest BCUT2D eigenvalue weighted by Gasteiger charge is 2.25. The fourth-order valence-electron chi connectivity index (χ4n) is 3.71. The maximum absolute atomic E-state index is 5.45. The Morgan fingerprint density at radius 3 is 2.77 bits per heavy atom. The number of piperazine rings is 1. The Morgan fingerprint density at radius 2 is 2.00 bits per heavy atom. The van der Waals surface area contributed by atoms with Crippen molar-refractivity contribution in [2.45, 2.75) is 25.9 Å². The predicted molar refractivity (Wildman–Crippen MR) is 107 cm³/mol. The van der Waals surface area contributed by atoms with Crippen LogP contribution in [0, 0.1) is 0 Å². The van der Waals surface area contributed by atoms with Gasteiger partial charge in [-0.1, -0.05) is 31.2 Å². The van der Waals surface area contributed by atoms with Gasteiger partial charge in [0, 0.05) is 56.4 Å². The number of aryl methyl sites for hydroxylation is 1. The fourth-order valence-corrected chi connectivity index (χ4v) is 4.70. The molecule has 0 bridgehead atoms. The van der Waals surface area contributed by atoms with Gasteiger partial charge in [0.25, 0.3) is 0 Å². The first-order valence-corrected chi connectivity index (χ1v) is 10.5.